The molecule has 1 atom stereocenters. The van der Waals surface area contributed by atoms with Gasteiger partial charge in [-0.2, -0.15) is 0 Å². The van der Waals surface area contributed by atoms with Gasteiger partial charge in [0.25, 0.3) is 0 Å². The van der Waals surface area contributed by atoms with E-state index in [0.29, 0.717) is 0 Å². The van der Waals surface area contributed by atoms with Crippen LogP contribution in [0.3, 0.4) is 0 Å². The minimum absolute atomic E-state index is 0.272. The summed E-state index contributed by atoms with van der Waals surface area (Å²) in [5.74, 6) is 0.827. The molecule has 0 radical (unpaired) electrons. The van der Waals surface area contributed by atoms with E-state index in [2.05, 4.69) is 34.3 Å². The van der Waals surface area contributed by atoms with Crippen molar-refractivity contribution in [1.82, 2.24) is 15.1 Å². The van der Waals surface area contributed by atoms with Crippen molar-refractivity contribution in [2.24, 2.45) is 0 Å². The Bertz CT molecular complexity index is 491. The average molecular weight is 324 g/mol. The van der Waals surface area contributed by atoms with E-state index in [1.807, 2.05) is 6.07 Å². The number of ether oxygens (including phenoxy) is 1. The van der Waals surface area contributed by atoms with Gasteiger partial charge in [-0.25, -0.2) is 0 Å². The summed E-state index contributed by atoms with van der Waals surface area (Å²) >= 11 is 6.40. The molecule has 0 aliphatic carbocycles. The first-order valence-corrected chi connectivity index (χ1v) is 8.65. The van der Waals surface area contributed by atoms with Crippen molar-refractivity contribution in [3.63, 3.8) is 0 Å². The van der Waals surface area contributed by atoms with Crippen molar-refractivity contribution >= 4 is 11.6 Å². The Balaban J connectivity index is 1.52. The number of hydrogen-bond acceptors (Lipinski definition) is 4. The van der Waals surface area contributed by atoms with Gasteiger partial charge in [-0.1, -0.05) is 17.7 Å². The molecule has 1 aromatic rings. The maximum Gasteiger partial charge on any atom is 0.138 e. The maximum absolute atomic E-state index is 6.40. The third-order valence-corrected chi connectivity index (χ3v) is 4.86. The van der Waals surface area contributed by atoms with Crippen LogP contribution in [-0.2, 0) is 6.42 Å². The predicted octanol–water partition coefficient (Wildman–Crippen LogP) is 1.87. The van der Waals surface area contributed by atoms with E-state index in [-0.39, 0.29) is 6.10 Å². The van der Waals surface area contributed by atoms with Gasteiger partial charge in [0.05, 0.1) is 5.02 Å². The molecule has 0 bridgehead atoms. The number of likely N-dealkylation sites (N-methyl/N-ethyl adjacent to an activating group) is 1. The number of likely N-dealkylation sites (tertiary alicyclic amines) is 1. The second-order valence-electron chi connectivity index (χ2n) is 6.40. The lowest BCUT2D eigenvalue weighted by Gasteiger charge is -2.27. The number of rotatable bonds is 5. The van der Waals surface area contributed by atoms with Crippen molar-refractivity contribution in [3.05, 3.63) is 28.8 Å². The Kier molecular flexibility index (Phi) is 5.58. The minimum atomic E-state index is 0.272. The fraction of sp³-hybridized carbons (Fsp3) is 0.647. The number of piperazine rings is 1. The van der Waals surface area contributed by atoms with Crippen molar-refractivity contribution in [1.29, 1.82) is 0 Å². The Morgan fingerprint density at radius 1 is 1.27 bits per heavy atom. The summed E-state index contributed by atoms with van der Waals surface area (Å²) in [5.41, 5.74) is 1.29. The lowest BCUT2D eigenvalue weighted by Crippen LogP contribution is -2.44. The van der Waals surface area contributed by atoms with E-state index in [0.717, 1.165) is 69.4 Å². The molecule has 0 amide bonds. The van der Waals surface area contributed by atoms with Gasteiger partial charge in [-0.05, 0) is 37.6 Å². The van der Waals surface area contributed by atoms with Gasteiger partial charge in [0.2, 0.25) is 0 Å². The molecule has 2 fully saturated rings. The number of halogens is 1. The molecule has 5 heteroatoms. The largest absolute Gasteiger partial charge is 0.487 e. The summed E-state index contributed by atoms with van der Waals surface area (Å²) in [6, 6.07) is 6.26. The van der Waals surface area contributed by atoms with E-state index in [4.69, 9.17) is 16.3 Å². The average Bonchev–Trinajstić information content (AvgIpc) is 2.94. The SMILES string of the molecule is CN1CCC(Oc2ccc(CCN3CCNCC3)cc2Cl)C1. The predicted molar refractivity (Wildman–Crippen MR) is 91.0 cm³/mol. The first-order valence-electron chi connectivity index (χ1n) is 8.27. The lowest BCUT2D eigenvalue weighted by atomic mass is 10.1. The van der Waals surface area contributed by atoms with Crippen molar-refractivity contribution < 1.29 is 4.74 Å². The fourth-order valence-electron chi connectivity index (χ4n) is 3.19. The summed E-state index contributed by atoms with van der Waals surface area (Å²) in [6.07, 6.45) is 2.40. The molecule has 122 valence electrons. The summed E-state index contributed by atoms with van der Waals surface area (Å²) in [7, 11) is 2.13. The highest BCUT2D eigenvalue weighted by Crippen LogP contribution is 2.28. The molecule has 0 saturated carbocycles. The third kappa shape index (κ3) is 4.35. The van der Waals surface area contributed by atoms with Crippen molar-refractivity contribution in [3.8, 4) is 5.75 Å². The van der Waals surface area contributed by atoms with Crippen molar-refractivity contribution in [2.45, 2.75) is 18.9 Å². The molecule has 2 saturated heterocycles. The first-order chi connectivity index (χ1) is 10.7. The Morgan fingerprint density at radius 3 is 2.77 bits per heavy atom. The molecule has 3 rings (SSSR count). The fourth-order valence-corrected chi connectivity index (χ4v) is 3.44. The lowest BCUT2D eigenvalue weighted by molar-refractivity contribution is 0.208. The minimum Gasteiger partial charge on any atom is -0.487 e. The number of hydrogen-bond donors (Lipinski definition) is 1. The van der Waals surface area contributed by atoms with E-state index >= 15 is 0 Å². The van der Waals surface area contributed by atoms with Crippen LogP contribution in [0.2, 0.25) is 5.02 Å². The van der Waals surface area contributed by atoms with E-state index in [1.54, 1.807) is 0 Å². The van der Waals surface area contributed by atoms with Crippen LogP contribution in [0, 0.1) is 0 Å². The van der Waals surface area contributed by atoms with E-state index in [9.17, 15) is 0 Å². The molecule has 0 spiro atoms. The third-order valence-electron chi connectivity index (χ3n) is 4.56. The van der Waals surface area contributed by atoms with Crippen LogP contribution < -0.4 is 10.1 Å². The highest BCUT2D eigenvalue weighted by molar-refractivity contribution is 6.32. The zero-order valence-corrected chi connectivity index (χ0v) is 14.1. The molecular formula is C17H26ClN3O. The van der Waals surface area contributed by atoms with E-state index in [1.165, 1.54) is 5.56 Å². The Morgan fingerprint density at radius 2 is 2.09 bits per heavy atom. The summed E-state index contributed by atoms with van der Waals surface area (Å²) in [4.78, 5) is 4.80. The van der Waals surface area contributed by atoms with Gasteiger partial charge in [0.15, 0.2) is 0 Å². The van der Waals surface area contributed by atoms with Gasteiger partial charge in [-0.3, -0.25) is 0 Å². The standard InChI is InChI=1S/C17H26ClN3O/c1-20-8-5-15(13-20)22-17-3-2-14(12-16(17)18)4-9-21-10-6-19-7-11-21/h2-3,12,15,19H,4-11,13H2,1H3. The van der Waals surface area contributed by atoms with Crippen LogP contribution in [0.5, 0.6) is 5.75 Å². The van der Waals surface area contributed by atoms with Gasteiger partial charge in [0.1, 0.15) is 11.9 Å². The van der Waals surface area contributed by atoms with Gasteiger partial charge in [0, 0.05) is 45.8 Å². The summed E-state index contributed by atoms with van der Waals surface area (Å²) in [5, 5.41) is 4.13. The van der Waals surface area contributed by atoms with Crippen LogP contribution in [0.15, 0.2) is 18.2 Å². The van der Waals surface area contributed by atoms with Crippen LogP contribution in [0.4, 0.5) is 0 Å². The molecular weight excluding hydrogens is 298 g/mol. The first kappa shape index (κ1) is 16.1. The number of benzene rings is 1. The quantitative estimate of drug-likeness (QED) is 0.895. The van der Waals surface area contributed by atoms with Crippen LogP contribution in [0.1, 0.15) is 12.0 Å². The molecule has 2 aliphatic rings. The zero-order chi connectivity index (χ0) is 15.4. The molecule has 2 aliphatic heterocycles. The van der Waals surface area contributed by atoms with Gasteiger partial charge in [-0.15, -0.1) is 0 Å². The smallest absolute Gasteiger partial charge is 0.138 e. The second-order valence-corrected chi connectivity index (χ2v) is 6.80. The topological polar surface area (TPSA) is 27.7 Å². The Hall–Kier alpha value is -0.810. The van der Waals surface area contributed by atoms with Crippen LogP contribution in [0.25, 0.3) is 0 Å². The van der Waals surface area contributed by atoms with Gasteiger partial charge < -0.3 is 19.9 Å². The number of nitrogens with one attached hydrogen (secondary N) is 1. The molecule has 1 unspecified atom stereocenters. The summed E-state index contributed by atoms with van der Waals surface area (Å²) in [6.45, 7) is 7.68. The molecule has 1 aromatic carbocycles. The highest BCUT2D eigenvalue weighted by Gasteiger charge is 2.21. The van der Waals surface area contributed by atoms with Crippen LogP contribution in [-0.4, -0.2) is 68.8 Å². The molecule has 0 aromatic heterocycles. The molecule has 1 N–H and O–H groups in total. The number of nitrogens with zero attached hydrogens (tertiary/aromatic N) is 2. The molecule has 2 heterocycles. The van der Waals surface area contributed by atoms with Gasteiger partial charge >= 0.3 is 0 Å². The maximum atomic E-state index is 6.40. The van der Waals surface area contributed by atoms with Crippen molar-refractivity contribution in [2.75, 3.05) is 52.9 Å². The molecule has 22 heavy (non-hydrogen) atoms. The normalized spacial score (nSPS) is 23.8. The van der Waals surface area contributed by atoms with E-state index < -0.39 is 0 Å². The summed E-state index contributed by atoms with van der Waals surface area (Å²) < 4.78 is 6.03. The zero-order valence-electron chi connectivity index (χ0n) is 13.4. The second kappa shape index (κ2) is 7.64. The highest BCUT2D eigenvalue weighted by atomic mass is 35.5. The monoisotopic (exact) mass is 323 g/mol. The Labute approximate surface area is 138 Å². The van der Waals surface area contributed by atoms with Crippen LogP contribution >= 0.6 is 11.6 Å². The molecule has 4 nitrogen and oxygen atoms in total.